The minimum Gasteiger partial charge on any atom is -0.490 e. The van der Waals surface area contributed by atoms with Crippen molar-refractivity contribution in [2.75, 3.05) is 17.9 Å². The third-order valence-electron chi connectivity index (χ3n) is 3.57. The molecule has 126 valence electrons. The number of hydrogen-bond acceptors (Lipinski definition) is 5. The molecule has 1 aliphatic rings. The summed E-state index contributed by atoms with van der Waals surface area (Å²) >= 11 is 0. The van der Waals surface area contributed by atoms with Crippen molar-refractivity contribution in [3.63, 3.8) is 0 Å². The molecule has 0 spiro atoms. The van der Waals surface area contributed by atoms with Gasteiger partial charge >= 0.3 is 0 Å². The molecule has 0 saturated heterocycles. The van der Waals surface area contributed by atoms with Crippen molar-refractivity contribution in [3.8, 4) is 11.5 Å². The van der Waals surface area contributed by atoms with Crippen LogP contribution < -0.4 is 14.2 Å². The number of nitrogens with one attached hydrogen (secondary N) is 1. The Balaban J connectivity index is 1.85. The molecule has 0 aromatic heterocycles. The van der Waals surface area contributed by atoms with E-state index in [1.807, 2.05) is 0 Å². The Bertz CT molecular complexity index is 859. The van der Waals surface area contributed by atoms with Gasteiger partial charge in [-0.15, -0.1) is 0 Å². The van der Waals surface area contributed by atoms with Crippen LogP contribution in [0.4, 0.5) is 5.69 Å². The Morgan fingerprint density at radius 1 is 1.00 bits per heavy atom. The summed E-state index contributed by atoms with van der Waals surface area (Å²) in [5.74, 6) is 0.881. The lowest BCUT2D eigenvalue weighted by molar-refractivity contribution is 0.101. The van der Waals surface area contributed by atoms with Gasteiger partial charge in [0.2, 0.25) is 0 Å². The number of benzene rings is 2. The summed E-state index contributed by atoms with van der Waals surface area (Å²) in [7, 11) is -3.76. The van der Waals surface area contributed by atoms with Crippen LogP contribution in [0.1, 0.15) is 23.7 Å². The number of ketones is 1. The van der Waals surface area contributed by atoms with E-state index in [0.29, 0.717) is 36.0 Å². The Hall–Kier alpha value is -2.54. The number of fused-ring (bicyclic) bond motifs is 1. The molecule has 0 atom stereocenters. The molecule has 1 aliphatic heterocycles. The molecule has 7 heteroatoms. The van der Waals surface area contributed by atoms with Gasteiger partial charge in [-0.05, 0) is 43.3 Å². The highest BCUT2D eigenvalue weighted by atomic mass is 32.2. The summed E-state index contributed by atoms with van der Waals surface area (Å²) in [5.41, 5.74) is 0.903. The van der Waals surface area contributed by atoms with Crippen molar-refractivity contribution in [1.82, 2.24) is 0 Å². The van der Waals surface area contributed by atoms with Gasteiger partial charge in [0.15, 0.2) is 17.3 Å². The molecule has 0 fully saturated rings. The van der Waals surface area contributed by atoms with Gasteiger partial charge in [0.05, 0.1) is 18.1 Å². The maximum atomic E-state index is 12.5. The highest BCUT2D eigenvalue weighted by Gasteiger charge is 2.19. The van der Waals surface area contributed by atoms with Crippen LogP contribution in [0.25, 0.3) is 0 Å². The van der Waals surface area contributed by atoms with E-state index in [4.69, 9.17) is 9.47 Å². The molecular weight excluding hydrogens is 330 g/mol. The number of anilines is 1. The van der Waals surface area contributed by atoms with Gasteiger partial charge in [-0.2, -0.15) is 0 Å². The largest absolute Gasteiger partial charge is 0.490 e. The van der Waals surface area contributed by atoms with E-state index in [1.54, 1.807) is 30.3 Å². The fraction of sp³-hybridized carbons (Fsp3) is 0.235. The van der Waals surface area contributed by atoms with E-state index in [1.165, 1.54) is 19.1 Å². The predicted molar refractivity (Wildman–Crippen MR) is 89.3 cm³/mol. The number of carbonyl (C=O) groups excluding carboxylic acids is 1. The Morgan fingerprint density at radius 2 is 1.67 bits per heavy atom. The van der Waals surface area contributed by atoms with E-state index in [2.05, 4.69) is 4.72 Å². The van der Waals surface area contributed by atoms with Gasteiger partial charge in [0.1, 0.15) is 0 Å². The van der Waals surface area contributed by atoms with Gasteiger partial charge in [-0.1, -0.05) is 0 Å². The van der Waals surface area contributed by atoms with Crippen LogP contribution in [0.2, 0.25) is 0 Å². The third-order valence-corrected chi connectivity index (χ3v) is 4.95. The monoisotopic (exact) mass is 347 g/mol. The molecule has 3 rings (SSSR count). The zero-order valence-electron chi connectivity index (χ0n) is 13.1. The zero-order valence-corrected chi connectivity index (χ0v) is 13.9. The standard InChI is InChI=1S/C17H17NO5S/c1-12(19)13-3-5-14(6-4-13)18-24(20,21)15-7-8-16-17(11-15)23-10-2-9-22-16/h3-8,11,18H,2,9-10H2,1H3. The minimum atomic E-state index is -3.76. The fourth-order valence-corrected chi connectivity index (χ4v) is 3.37. The molecule has 0 aliphatic carbocycles. The molecular formula is C17H17NO5S. The molecule has 1 N–H and O–H groups in total. The summed E-state index contributed by atoms with van der Waals surface area (Å²) in [6.07, 6.45) is 0.748. The average Bonchev–Trinajstić information content (AvgIpc) is 2.79. The van der Waals surface area contributed by atoms with Crippen molar-refractivity contribution in [3.05, 3.63) is 48.0 Å². The van der Waals surface area contributed by atoms with Gasteiger partial charge in [0, 0.05) is 23.7 Å². The number of rotatable bonds is 4. The molecule has 0 unspecified atom stereocenters. The fourth-order valence-electron chi connectivity index (χ4n) is 2.30. The van der Waals surface area contributed by atoms with Crippen LogP contribution in [-0.4, -0.2) is 27.4 Å². The van der Waals surface area contributed by atoms with Crippen LogP contribution in [0.15, 0.2) is 47.4 Å². The van der Waals surface area contributed by atoms with Gasteiger partial charge < -0.3 is 9.47 Å². The van der Waals surface area contributed by atoms with Gasteiger partial charge in [-0.25, -0.2) is 8.42 Å². The lowest BCUT2D eigenvalue weighted by Gasteiger charge is -2.11. The summed E-state index contributed by atoms with van der Waals surface area (Å²) in [6, 6.07) is 10.8. The first-order valence-corrected chi connectivity index (χ1v) is 8.97. The Morgan fingerprint density at radius 3 is 2.33 bits per heavy atom. The van der Waals surface area contributed by atoms with Crippen molar-refractivity contribution in [2.45, 2.75) is 18.2 Å². The second-order valence-electron chi connectivity index (χ2n) is 5.40. The van der Waals surface area contributed by atoms with E-state index in [0.717, 1.165) is 6.42 Å². The molecule has 24 heavy (non-hydrogen) atoms. The van der Waals surface area contributed by atoms with Crippen LogP contribution >= 0.6 is 0 Å². The number of hydrogen-bond donors (Lipinski definition) is 1. The maximum Gasteiger partial charge on any atom is 0.262 e. The molecule has 2 aromatic carbocycles. The second kappa shape index (κ2) is 6.52. The third kappa shape index (κ3) is 3.51. The number of ether oxygens (including phenoxy) is 2. The Labute approximate surface area is 140 Å². The van der Waals surface area contributed by atoms with Gasteiger partial charge in [-0.3, -0.25) is 9.52 Å². The molecule has 1 heterocycles. The first-order valence-electron chi connectivity index (χ1n) is 7.49. The van der Waals surface area contributed by atoms with E-state index in [9.17, 15) is 13.2 Å². The van der Waals surface area contributed by atoms with Crippen LogP contribution in [-0.2, 0) is 10.0 Å². The molecule has 0 saturated carbocycles. The summed E-state index contributed by atoms with van der Waals surface area (Å²) in [6.45, 7) is 2.48. The van der Waals surface area contributed by atoms with Crippen molar-refractivity contribution < 1.29 is 22.7 Å². The lowest BCUT2D eigenvalue weighted by atomic mass is 10.1. The normalized spacial score (nSPS) is 13.9. The highest BCUT2D eigenvalue weighted by Crippen LogP contribution is 2.32. The average molecular weight is 347 g/mol. The lowest BCUT2D eigenvalue weighted by Crippen LogP contribution is -2.13. The summed E-state index contributed by atoms with van der Waals surface area (Å²) < 4.78 is 38.5. The highest BCUT2D eigenvalue weighted by molar-refractivity contribution is 7.92. The molecule has 6 nitrogen and oxygen atoms in total. The molecule has 0 radical (unpaired) electrons. The first-order chi connectivity index (χ1) is 11.5. The quantitative estimate of drug-likeness (QED) is 0.860. The maximum absolute atomic E-state index is 12.5. The number of carbonyl (C=O) groups is 1. The van der Waals surface area contributed by atoms with Crippen molar-refractivity contribution in [1.29, 1.82) is 0 Å². The van der Waals surface area contributed by atoms with Gasteiger partial charge in [0.25, 0.3) is 10.0 Å². The topological polar surface area (TPSA) is 81.7 Å². The van der Waals surface area contributed by atoms with Crippen molar-refractivity contribution in [2.24, 2.45) is 0 Å². The summed E-state index contributed by atoms with van der Waals surface area (Å²) in [4.78, 5) is 11.3. The first kappa shape index (κ1) is 16.3. The molecule has 0 amide bonds. The van der Waals surface area contributed by atoms with Crippen molar-refractivity contribution >= 4 is 21.5 Å². The zero-order chi connectivity index (χ0) is 17.2. The number of Topliss-reactive ketones (excluding diaryl/α,β-unsaturated/α-hetero) is 1. The second-order valence-corrected chi connectivity index (χ2v) is 7.08. The minimum absolute atomic E-state index is 0.0766. The van der Waals surface area contributed by atoms with Crippen LogP contribution in [0.3, 0.4) is 0 Å². The predicted octanol–water partition coefficient (Wildman–Crippen LogP) is 2.85. The van der Waals surface area contributed by atoms with Crippen LogP contribution in [0, 0.1) is 0 Å². The van der Waals surface area contributed by atoms with E-state index >= 15 is 0 Å². The van der Waals surface area contributed by atoms with E-state index < -0.39 is 10.0 Å². The van der Waals surface area contributed by atoms with Crippen LogP contribution in [0.5, 0.6) is 11.5 Å². The SMILES string of the molecule is CC(=O)c1ccc(NS(=O)(=O)c2ccc3c(c2)OCCCO3)cc1. The summed E-state index contributed by atoms with van der Waals surface area (Å²) in [5, 5.41) is 0. The van der Waals surface area contributed by atoms with E-state index in [-0.39, 0.29) is 10.7 Å². The molecule has 2 aromatic rings. The Kier molecular flexibility index (Phi) is 4.44. The molecule has 0 bridgehead atoms. The number of sulfonamides is 1. The smallest absolute Gasteiger partial charge is 0.262 e.